The van der Waals surface area contributed by atoms with Crippen LogP contribution < -0.4 is 5.32 Å². The Morgan fingerprint density at radius 1 is 1.47 bits per heavy atom. The predicted octanol–water partition coefficient (Wildman–Crippen LogP) is 1.40. The Morgan fingerprint density at radius 2 is 2.07 bits per heavy atom. The molecule has 1 aliphatic rings. The molecular weight excluding hydrogens is 194 g/mol. The third-order valence-corrected chi connectivity index (χ3v) is 2.97. The van der Waals surface area contributed by atoms with Crippen molar-refractivity contribution in [3.8, 4) is 0 Å². The highest BCUT2D eigenvalue weighted by Crippen LogP contribution is 2.34. The highest BCUT2D eigenvalue weighted by molar-refractivity contribution is 5.79. The number of hydrogen-bond acceptors (Lipinski definition) is 2. The summed E-state index contributed by atoms with van der Waals surface area (Å²) in [6.45, 7) is 3.81. The molecule has 0 bridgehead atoms. The molecule has 0 radical (unpaired) electrons. The molecular formula is C11H19NO3. The minimum Gasteiger partial charge on any atom is -0.481 e. The molecule has 4 nitrogen and oxygen atoms in total. The molecule has 2 N–H and O–H groups in total. The van der Waals surface area contributed by atoms with Gasteiger partial charge in [-0.3, -0.25) is 9.59 Å². The van der Waals surface area contributed by atoms with E-state index in [9.17, 15) is 9.59 Å². The summed E-state index contributed by atoms with van der Waals surface area (Å²) in [6.07, 6.45) is 2.92. The molecule has 0 spiro atoms. The van der Waals surface area contributed by atoms with Gasteiger partial charge in [-0.05, 0) is 25.2 Å². The normalized spacial score (nSPS) is 19.3. The van der Waals surface area contributed by atoms with Crippen molar-refractivity contribution < 1.29 is 14.7 Å². The molecule has 1 fully saturated rings. The Bertz CT molecular complexity index is 248. The quantitative estimate of drug-likeness (QED) is 0.701. The number of carbonyl (C=O) groups is 2. The standard InChI is InChI=1S/C11H19NO3/c1-3-7(2)11(15)12-9(6-10(13)14)8-4-5-8/h7-9H,3-6H2,1-2H3,(H,12,15)(H,13,14). The number of nitrogens with one attached hydrogen (secondary N) is 1. The van der Waals surface area contributed by atoms with E-state index in [-0.39, 0.29) is 24.3 Å². The van der Waals surface area contributed by atoms with Crippen LogP contribution in [0, 0.1) is 11.8 Å². The zero-order chi connectivity index (χ0) is 11.4. The molecule has 1 saturated carbocycles. The third-order valence-electron chi connectivity index (χ3n) is 2.97. The summed E-state index contributed by atoms with van der Waals surface area (Å²) in [4.78, 5) is 22.2. The Balaban J connectivity index is 2.43. The molecule has 1 rings (SSSR count). The lowest BCUT2D eigenvalue weighted by Gasteiger charge is -2.18. The number of hydrogen-bond donors (Lipinski definition) is 2. The maximum atomic E-state index is 11.6. The Labute approximate surface area is 90.0 Å². The molecule has 86 valence electrons. The number of carboxylic acid groups (broad SMARTS) is 1. The van der Waals surface area contributed by atoms with Crippen LogP contribution >= 0.6 is 0 Å². The lowest BCUT2D eigenvalue weighted by atomic mass is 10.1. The van der Waals surface area contributed by atoms with Crippen molar-refractivity contribution in [3.63, 3.8) is 0 Å². The molecule has 1 aliphatic carbocycles. The summed E-state index contributed by atoms with van der Waals surface area (Å²) in [6, 6.07) is -0.163. The average molecular weight is 213 g/mol. The lowest BCUT2D eigenvalue weighted by Crippen LogP contribution is -2.40. The summed E-state index contributed by atoms with van der Waals surface area (Å²) in [7, 11) is 0. The second-order valence-corrected chi connectivity index (χ2v) is 4.36. The molecule has 0 aromatic rings. The van der Waals surface area contributed by atoms with Crippen LogP contribution in [0.2, 0.25) is 0 Å². The van der Waals surface area contributed by atoms with Gasteiger partial charge < -0.3 is 10.4 Å². The summed E-state index contributed by atoms with van der Waals surface area (Å²) >= 11 is 0. The SMILES string of the molecule is CCC(C)C(=O)NC(CC(=O)O)C1CC1. The Hall–Kier alpha value is -1.06. The van der Waals surface area contributed by atoms with Gasteiger partial charge in [0.25, 0.3) is 0 Å². The van der Waals surface area contributed by atoms with Gasteiger partial charge >= 0.3 is 5.97 Å². The van der Waals surface area contributed by atoms with Gasteiger partial charge in [0.2, 0.25) is 5.91 Å². The Morgan fingerprint density at radius 3 is 2.47 bits per heavy atom. The van der Waals surface area contributed by atoms with Gasteiger partial charge in [-0.15, -0.1) is 0 Å². The highest BCUT2D eigenvalue weighted by atomic mass is 16.4. The Kier molecular flexibility index (Phi) is 4.12. The lowest BCUT2D eigenvalue weighted by molar-refractivity contribution is -0.138. The minimum atomic E-state index is -0.837. The van der Waals surface area contributed by atoms with E-state index in [1.165, 1.54) is 0 Å². The number of carbonyl (C=O) groups excluding carboxylic acids is 1. The van der Waals surface area contributed by atoms with Gasteiger partial charge in [0, 0.05) is 12.0 Å². The number of amides is 1. The van der Waals surface area contributed by atoms with Crippen LogP contribution in [0.4, 0.5) is 0 Å². The van der Waals surface area contributed by atoms with Crippen molar-refractivity contribution in [1.82, 2.24) is 5.32 Å². The molecule has 4 heteroatoms. The van der Waals surface area contributed by atoms with Crippen LogP contribution in [0.1, 0.15) is 39.5 Å². The van der Waals surface area contributed by atoms with Gasteiger partial charge in [-0.25, -0.2) is 0 Å². The first-order chi connectivity index (χ1) is 7.04. The molecule has 0 aromatic heterocycles. The monoisotopic (exact) mass is 213 g/mol. The van der Waals surface area contributed by atoms with E-state index in [2.05, 4.69) is 5.32 Å². The van der Waals surface area contributed by atoms with Gasteiger partial charge in [-0.1, -0.05) is 13.8 Å². The molecule has 2 atom stereocenters. The van der Waals surface area contributed by atoms with Crippen molar-refractivity contribution in [2.75, 3.05) is 0 Å². The smallest absolute Gasteiger partial charge is 0.305 e. The first-order valence-corrected chi connectivity index (χ1v) is 5.56. The van der Waals surface area contributed by atoms with Gasteiger partial charge in [-0.2, -0.15) is 0 Å². The van der Waals surface area contributed by atoms with Crippen LogP contribution in [0.25, 0.3) is 0 Å². The van der Waals surface area contributed by atoms with E-state index in [4.69, 9.17) is 5.11 Å². The topological polar surface area (TPSA) is 66.4 Å². The first-order valence-electron chi connectivity index (χ1n) is 5.56. The zero-order valence-electron chi connectivity index (χ0n) is 9.32. The maximum absolute atomic E-state index is 11.6. The third kappa shape index (κ3) is 3.90. The number of carboxylic acids is 1. The van der Waals surface area contributed by atoms with Crippen LogP contribution in [0.3, 0.4) is 0 Å². The molecule has 15 heavy (non-hydrogen) atoms. The van der Waals surface area contributed by atoms with Crippen molar-refractivity contribution in [3.05, 3.63) is 0 Å². The van der Waals surface area contributed by atoms with E-state index in [1.54, 1.807) is 0 Å². The average Bonchev–Trinajstić information content (AvgIpc) is 2.97. The van der Waals surface area contributed by atoms with Gasteiger partial charge in [0.05, 0.1) is 6.42 Å². The van der Waals surface area contributed by atoms with E-state index < -0.39 is 5.97 Å². The number of aliphatic carboxylic acids is 1. The van der Waals surface area contributed by atoms with Crippen LogP contribution in [0.15, 0.2) is 0 Å². The largest absolute Gasteiger partial charge is 0.481 e. The van der Waals surface area contributed by atoms with Crippen molar-refractivity contribution in [2.24, 2.45) is 11.8 Å². The highest BCUT2D eigenvalue weighted by Gasteiger charge is 2.34. The fourth-order valence-electron chi connectivity index (χ4n) is 1.53. The summed E-state index contributed by atoms with van der Waals surface area (Å²) in [5.74, 6) is -0.499. The maximum Gasteiger partial charge on any atom is 0.305 e. The second kappa shape index (κ2) is 5.14. The molecule has 0 aromatic carbocycles. The van der Waals surface area contributed by atoms with Crippen LogP contribution in [-0.2, 0) is 9.59 Å². The predicted molar refractivity (Wildman–Crippen MR) is 56.4 cm³/mol. The molecule has 0 aliphatic heterocycles. The van der Waals surface area contributed by atoms with E-state index >= 15 is 0 Å². The minimum absolute atomic E-state index is 0.0179. The molecule has 2 unspecified atom stereocenters. The van der Waals surface area contributed by atoms with Crippen molar-refractivity contribution >= 4 is 11.9 Å². The fourth-order valence-corrected chi connectivity index (χ4v) is 1.53. The molecule has 0 saturated heterocycles. The zero-order valence-corrected chi connectivity index (χ0v) is 9.32. The molecule has 0 heterocycles. The van der Waals surface area contributed by atoms with E-state index in [0.29, 0.717) is 5.92 Å². The van der Waals surface area contributed by atoms with Crippen LogP contribution in [0.5, 0.6) is 0 Å². The van der Waals surface area contributed by atoms with Crippen molar-refractivity contribution in [1.29, 1.82) is 0 Å². The van der Waals surface area contributed by atoms with Gasteiger partial charge in [0.1, 0.15) is 0 Å². The first kappa shape index (κ1) is 12.0. The van der Waals surface area contributed by atoms with E-state index in [0.717, 1.165) is 19.3 Å². The van der Waals surface area contributed by atoms with Gasteiger partial charge in [0.15, 0.2) is 0 Å². The summed E-state index contributed by atoms with van der Waals surface area (Å²) in [5.41, 5.74) is 0. The van der Waals surface area contributed by atoms with E-state index in [1.807, 2.05) is 13.8 Å². The second-order valence-electron chi connectivity index (χ2n) is 4.36. The summed E-state index contributed by atoms with van der Waals surface area (Å²) in [5, 5.41) is 11.6. The molecule has 1 amide bonds. The van der Waals surface area contributed by atoms with Crippen LogP contribution in [-0.4, -0.2) is 23.0 Å². The number of rotatable bonds is 6. The fraction of sp³-hybridized carbons (Fsp3) is 0.818. The summed E-state index contributed by atoms with van der Waals surface area (Å²) < 4.78 is 0. The van der Waals surface area contributed by atoms with Crippen molar-refractivity contribution in [2.45, 2.75) is 45.6 Å².